The molecule has 0 amide bonds. The van der Waals surface area contributed by atoms with E-state index in [-0.39, 0.29) is 18.5 Å². The minimum atomic E-state index is -1.00. The van der Waals surface area contributed by atoms with E-state index in [0.717, 1.165) is 16.5 Å². The first-order valence-corrected chi connectivity index (χ1v) is 15.4. The van der Waals surface area contributed by atoms with E-state index in [1.54, 1.807) is 12.1 Å². The zero-order chi connectivity index (χ0) is 39.7. The molecule has 51 heavy (non-hydrogen) atoms. The van der Waals surface area contributed by atoms with Gasteiger partial charge in [-0.3, -0.25) is 24.2 Å². The molecular formula is C33H52N8O10. The molecule has 0 radical (unpaired) electrons. The largest absolute Gasteiger partial charge is 0.480 e. The van der Waals surface area contributed by atoms with Crippen LogP contribution in [0.3, 0.4) is 0 Å². The van der Waals surface area contributed by atoms with Crippen molar-refractivity contribution >= 4 is 46.7 Å². The maximum Gasteiger partial charge on any atom is 0.338 e. The summed E-state index contributed by atoms with van der Waals surface area (Å²) in [6, 6.07) is 14.4. The van der Waals surface area contributed by atoms with Gasteiger partial charge in [-0.1, -0.05) is 36.4 Å². The number of aromatic amines is 1. The lowest BCUT2D eigenvalue weighted by atomic mass is 10.1. The third kappa shape index (κ3) is 25.1. The molecule has 18 heteroatoms. The molecule has 284 valence electrons. The third-order valence-corrected chi connectivity index (χ3v) is 5.69. The number of H-pyrrole nitrogens is 1. The van der Waals surface area contributed by atoms with Gasteiger partial charge in [0.25, 0.3) is 0 Å². The third-order valence-electron chi connectivity index (χ3n) is 5.69. The highest BCUT2D eigenvalue weighted by atomic mass is 16.6. The molecular weight excluding hydrogens is 668 g/mol. The maximum absolute atomic E-state index is 11.4. The first kappa shape index (κ1) is 47.6. The molecule has 0 saturated carbocycles. The van der Waals surface area contributed by atoms with Crippen LogP contribution >= 0.6 is 0 Å². The molecule has 18 nitrogen and oxygen atoms in total. The van der Waals surface area contributed by atoms with Crippen molar-refractivity contribution in [2.75, 3.05) is 13.1 Å². The highest BCUT2D eigenvalue weighted by molar-refractivity contribution is 5.89. The number of benzene rings is 2. The van der Waals surface area contributed by atoms with Gasteiger partial charge in [0.1, 0.15) is 23.7 Å². The van der Waals surface area contributed by atoms with Crippen LogP contribution in [0, 0.1) is 0 Å². The number of carboxylic acid groups (broad SMARTS) is 4. The number of aromatic nitrogens is 1. The van der Waals surface area contributed by atoms with Crippen molar-refractivity contribution in [2.45, 2.75) is 70.7 Å². The van der Waals surface area contributed by atoms with Gasteiger partial charge in [0.2, 0.25) is 0 Å². The van der Waals surface area contributed by atoms with Gasteiger partial charge in [0.05, 0.1) is 12.1 Å². The Hall–Kier alpha value is -5.56. The molecule has 1 heterocycles. The van der Waals surface area contributed by atoms with Gasteiger partial charge in [-0.15, -0.1) is 0 Å². The molecule has 3 unspecified atom stereocenters. The van der Waals surface area contributed by atoms with Crippen LogP contribution in [0.25, 0.3) is 10.9 Å². The van der Waals surface area contributed by atoms with Gasteiger partial charge in [-0.25, -0.2) is 4.79 Å². The lowest BCUT2D eigenvalue weighted by Crippen LogP contribution is -2.32. The zero-order valence-corrected chi connectivity index (χ0v) is 29.2. The smallest absolute Gasteiger partial charge is 0.338 e. The molecule has 0 aliphatic heterocycles. The minimum Gasteiger partial charge on any atom is -0.480 e. The number of aliphatic imine (C=N–C) groups is 1. The molecule has 2 aromatic carbocycles. The van der Waals surface area contributed by atoms with Crippen molar-refractivity contribution < 1.29 is 49.1 Å². The number of carboxylic acids is 4. The lowest BCUT2D eigenvalue weighted by molar-refractivity contribution is -0.139. The summed E-state index contributed by atoms with van der Waals surface area (Å²) in [5, 5.41) is 33.6. The average molecular weight is 721 g/mol. The summed E-state index contributed by atoms with van der Waals surface area (Å²) < 4.78 is 5.18. The molecule has 0 fully saturated rings. The molecule has 3 rings (SSSR count). The quantitative estimate of drug-likeness (QED) is 0.0561. The molecule has 0 aliphatic carbocycles. The van der Waals surface area contributed by atoms with Crippen LogP contribution in [-0.4, -0.2) is 98.0 Å². The number of hydrogen-bond acceptors (Lipinski definition) is 11. The highest BCUT2D eigenvalue weighted by Crippen LogP contribution is 2.18. The fraction of sp³-hybridized carbons (Fsp3) is 0.394. The van der Waals surface area contributed by atoms with Gasteiger partial charge in [0, 0.05) is 30.1 Å². The van der Waals surface area contributed by atoms with E-state index in [4.69, 9.17) is 53.8 Å². The Morgan fingerprint density at radius 1 is 0.824 bits per heavy atom. The van der Waals surface area contributed by atoms with Crippen molar-refractivity contribution in [3.63, 3.8) is 0 Å². The highest BCUT2D eigenvalue weighted by Gasteiger charge is 2.17. The van der Waals surface area contributed by atoms with Crippen LogP contribution in [0.2, 0.25) is 0 Å². The number of nitrogens with two attached hydrogens (primary N) is 6. The van der Waals surface area contributed by atoms with Crippen LogP contribution < -0.4 is 34.4 Å². The van der Waals surface area contributed by atoms with Gasteiger partial charge in [-0.2, -0.15) is 0 Å². The molecule has 0 saturated heterocycles. The number of hydrogen-bond donors (Lipinski definition) is 11. The van der Waals surface area contributed by atoms with E-state index >= 15 is 0 Å². The number of fused-ring (bicyclic) bond motifs is 1. The first-order chi connectivity index (χ1) is 23.6. The number of ether oxygens (including phenoxy) is 1. The maximum atomic E-state index is 11.4. The number of carbonyl (C=O) groups excluding carboxylic acids is 1. The summed E-state index contributed by atoms with van der Waals surface area (Å²) in [5.74, 6) is -4.16. The van der Waals surface area contributed by atoms with E-state index in [2.05, 4.69) is 15.7 Å². The van der Waals surface area contributed by atoms with Gasteiger partial charge in [0.15, 0.2) is 5.96 Å². The zero-order valence-electron chi connectivity index (χ0n) is 29.2. The fourth-order valence-corrected chi connectivity index (χ4v) is 3.18. The Kier molecular flexibility index (Phi) is 23.7. The topological polar surface area (TPSA) is 360 Å². The van der Waals surface area contributed by atoms with Gasteiger partial charge < -0.3 is 64.5 Å². The predicted octanol–water partition coefficient (Wildman–Crippen LogP) is 0.664. The number of guanidine groups is 1. The Morgan fingerprint density at radius 2 is 1.31 bits per heavy atom. The summed E-state index contributed by atoms with van der Waals surface area (Å²) in [5.41, 5.74) is 32.3. The van der Waals surface area contributed by atoms with Crippen LogP contribution in [0.1, 0.15) is 56.5 Å². The average Bonchev–Trinajstić information content (AvgIpc) is 3.46. The Balaban J connectivity index is 0. The van der Waals surface area contributed by atoms with Crippen LogP contribution in [0.5, 0.6) is 0 Å². The standard InChI is InChI=1S/C11H12N2O2.C11H14O2.C6H14N4O2.C3H7NO2.C2H5NO2/c12-9(11(14)15)5-7-6-13-10-4-2-1-3-8(7)10;1-11(2,3)13-10(12)9-7-5-4-6-8-9;7-4(5(11)12)2-1-3-10-6(8)9;1-2(4)3(5)6;3-1-2(4)5/h1-4,6,9,13H,5,12H2,(H,14,15);4-8H,1-3H3;4H,1-3,7H2,(H,11,12)(H4,8,9,10);2H,4H2,1H3,(H,5,6);1,3H2,(H,4,5). The lowest BCUT2D eigenvalue weighted by Gasteiger charge is -2.19. The predicted molar refractivity (Wildman–Crippen MR) is 193 cm³/mol. The van der Waals surface area contributed by atoms with Crippen LogP contribution in [0.4, 0.5) is 0 Å². The number of para-hydroxylation sites is 1. The molecule has 3 aromatic rings. The SMILES string of the molecule is CC(C)(C)OC(=O)c1ccccc1.CC(N)C(=O)O.NC(Cc1c[nH]c2ccccc12)C(=O)O.NC(N)=NCCCC(N)C(=O)O.NCC(=O)O. The second-order valence-corrected chi connectivity index (χ2v) is 11.5. The van der Waals surface area contributed by atoms with Crippen molar-refractivity contribution in [3.05, 3.63) is 71.9 Å². The van der Waals surface area contributed by atoms with Crippen LogP contribution in [0.15, 0.2) is 65.8 Å². The second-order valence-electron chi connectivity index (χ2n) is 11.5. The van der Waals surface area contributed by atoms with E-state index in [1.165, 1.54) is 6.92 Å². The Bertz CT molecular complexity index is 1520. The Morgan fingerprint density at radius 3 is 1.75 bits per heavy atom. The van der Waals surface area contributed by atoms with Gasteiger partial charge in [-0.05, 0) is 64.3 Å². The van der Waals surface area contributed by atoms with E-state index in [9.17, 15) is 24.0 Å². The van der Waals surface area contributed by atoms with Crippen molar-refractivity contribution in [1.29, 1.82) is 0 Å². The molecule has 0 bridgehead atoms. The van der Waals surface area contributed by atoms with Crippen molar-refractivity contribution in [3.8, 4) is 0 Å². The van der Waals surface area contributed by atoms with Gasteiger partial charge >= 0.3 is 29.8 Å². The van der Waals surface area contributed by atoms with E-state index in [1.807, 2.05) is 69.4 Å². The van der Waals surface area contributed by atoms with Crippen LogP contribution in [-0.2, 0) is 30.3 Å². The second kappa shape index (κ2) is 25.4. The van der Waals surface area contributed by atoms with Crippen molar-refractivity contribution in [2.24, 2.45) is 39.4 Å². The molecule has 0 aliphatic rings. The number of nitrogens with zero attached hydrogens (tertiary/aromatic N) is 1. The number of rotatable bonds is 11. The number of carbonyl (C=O) groups is 5. The van der Waals surface area contributed by atoms with E-state index in [0.29, 0.717) is 31.4 Å². The number of esters is 1. The number of nitrogens with one attached hydrogen (secondary N) is 1. The Labute approximate surface area is 295 Å². The fourth-order valence-electron chi connectivity index (χ4n) is 3.18. The molecule has 0 spiro atoms. The van der Waals surface area contributed by atoms with E-state index < -0.39 is 47.6 Å². The van der Waals surface area contributed by atoms with Crippen molar-refractivity contribution in [1.82, 2.24) is 4.98 Å². The summed E-state index contributed by atoms with van der Waals surface area (Å²) in [4.78, 5) is 57.9. The monoisotopic (exact) mass is 720 g/mol. The number of aliphatic carboxylic acids is 4. The summed E-state index contributed by atoms with van der Waals surface area (Å²) in [7, 11) is 0. The summed E-state index contributed by atoms with van der Waals surface area (Å²) in [6.45, 7) is 7.13. The molecule has 3 atom stereocenters. The summed E-state index contributed by atoms with van der Waals surface area (Å²) in [6.07, 6.45) is 3.12. The minimum absolute atomic E-state index is 0.0129. The summed E-state index contributed by atoms with van der Waals surface area (Å²) >= 11 is 0. The normalized spacial score (nSPS) is 11.8. The molecule has 17 N–H and O–H groups in total. The first-order valence-electron chi connectivity index (χ1n) is 15.4. The molecule has 1 aromatic heterocycles.